The summed E-state index contributed by atoms with van der Waals surface area (Å²) in [5, 5.41) is 8.74. The Morgan fingerprint density at radius 2 is 1.75 bits per heavy atom. The molecule has 0 aliphatic carbocycles. The summed E-state index contributed by atoms with van der Waals surface area (Å²) in [5.41, 5.74) is 3.70. The number of carbonyl (C=O) groups excluding carboxylic acids is 2. The average molecular weight is 434 g/mol. The number of hydrogen-bond acceptors (Lipinski definition) is 5. The van der Waals surface area contributed by atoms with Crippen LogP contribution in [0.25, 0.3) is 10.8 Å². The third-order valence-corrected chi connectivity index (χ3v) is 4.77. The van der Waals surface area contributed by atoms with Gasteiger partial charge in [0.15, 0.2) is 0 Å². The van der Waals surface area contributed by atoms with Crippen molar-refractivity contribution in [3.63, 3.8) is 0 Å². The van der Waals surface area contributed by atoms with E-state index in [0.29, 0.717) is 23.8 Å². The fourth-order valence-corrected chi connectivity index (χ4v) is 3.16. The van der Waals surface area contributed by atoms with Crippen molar-refractivity contribution in [1.82, 2.24) is 5.43 Å². The highest BCUT2D eigenvalue weighted by atomic mass is 16.5. The Morgan fingerprint density at radius 3 is 2.56 bits per heavy atom. The number of anilines is 1. The molecule has 32 heavy (non-hydrogen) atoms. The van der Waals surface area contributed by atoms with Crippen molar-refractivity contribution in [1.29, 1.82) is 0 Å². The Hall–Kier alpha value is -3.87. The highest BCUT2D eigenvalue weighted by Gasteiger charge is 2.12. The summed E-state index contributed by atoms with van der Waals surface area (Å²) in [6, 6.07) is 18.8. The number of hydrazone groups is 1. The van der Waals surface area contributed by atoms with Crippen LogP contribution in [0.5, 0.6) is 11.5 Å². The summed E-state index contributed by atoms with van der Waals surface area (Å²) >= 11 is 0. The molecule has 0 aliphatic heterocycles. The second kappa shape index (κ2) is 11.5. The van der Waals surface area contributed by atoms with Gasteiger partial charge in [0, 0.05) is 5.56 Å². The van der Waals surface area contributed by atoms with E-state index in [2.05, 4.69) is 22.8 Å². The quantitative estimate of drug-likeness (QED) is 0.213. The van der Waals surface area contributed by atoms with Crippen LogP contribution in [-0.4, -0.2) is 31.7 Å². The van der Waals surface area contributed by atoms with Gasteiger partial charge in [-0.05, 0) is 35.4 Å². The number of carbonyl (C=O) groups is 2. The summed E-state index contributed by atoms with van der Waals surface area (Å²) in [5.74, 6) is 0.230. The monoisotopic (exact) mass is 433 g/mol. The van der Waals surface area contributed by atoms with E-state index in [4.69, 9.17) is 9.47 Å². The van der Waals surface area contributed by atoms with Crippen molar-refractivity contribution in [3.8, 4) is 11.5 Å². The molecule has 3 aromatic carbocycles. The fourth-order valence-electron chi connectivity index (χ4n) is 3.16. The topological polar surface area (TPSA) is 89.0 Å². The first-order valence-electron chi connectivity index (χ1n) is 10.5. The van der Waals surface area contributed by atoms with Crippen LogP contribution in [0.4, 0.5) is 5.69 Å². The number of ether oxygens (including phenoxy) is 2. The van der Waals surface area contributed by atoms with Crippen LogP contribution in [0.1, 0.15) is 31.7 Å². The van der Waals surface area contributed by atoms with Crippen LogP contribution in [0.2, 0.25) is 0 Å². The lowest BCUT2D eigenvalue weighted by molar-refractivity contribution is -0.126. The summed E-state index contributed by atoms with van der Waals surface area (Å²) in [6.07, 6.45) is 3.16. The van der Waals surface area contributed by atoms with Crippen molar-refractivity contribution in [2.45, 2.75) is 26.2 Å². The first-order valence-corrected chi connectivity index (χ1v) is 10.5. The minimum absolute atomic E-state index is 0.370. The number of nitrogens with zero attached hydrogens (tertiary/aromatic N) is 1. The lowest BCUT2D eigenvalue weighted by atomic mass is 10.0. The van der Waals surface area contributed by atoms with Gasteiger partial charge >= 0.3 is 0 Å². The van der Waals surface area contributed by atoms with Crippen LogP contribution in [0.3, 0.4) is 0 Å². The van der Waals surface area contributed by atoms with Crippen LogP contribution >= 0.6 is 0 Å². The van der Waals surface area contributed by atoms with Crippen LogP contribution < -0.4 is 20.2 Å². The Labute approximate surface area is 187 Å². The number of para-hydroxylation sites is 2. The Bertz CT molecular complexity index is 1110. The predicted molar refractivity (Wildman–Crippen MR) is 126 cm³/mol. The maximum absolute atomic E-state index is 12.2. The number of nitrogens with one attached hydrogen (secondary N) is 2. The van der Waals surface area contributed by atoms with E-state index in [9.17, 15) is 9.59 Å². The lowest BCUT2D eigenvalue weighted by Gasteiger charge is -2.11. The average Bonchev–Trinajstić information content (AvgIpc) is 2.80. The van der Waals surface area contributed by atoms with Gasteiger partial charge in [0.2, 0.25) is 11.8 Å². The lowest BCUT2D eigenvalue weighted by Crippen LogP contribution is -2.24. The molecule has 0 saturated carbocycles. The third kappa shape index (κ3) is 6.07. The zero-order valence-corrected chi connectivity index (χ0v) is 18.3. The van der Waals surface area contributed by atoms with Crippen molar-refractivity contribution < 1.29 is 19.1 Å². The molecule has 0 aromatic heterocycles. The summed E-state index contributed by atoms with van der Waals surface area (Å²) in [6.45, 7) is 2.71. The Kier molecular flexibility index (Phi) is 8.20. The van der Waals surface area contributed by atoms with Gasteiger partial charge in [0.05, 0.1) is 25.6 Å². The molecule has 0 saturated heterocycles. The molecule has 0 unspecified atom stereocenters. The zero-order chi connectivity index (χ0) is 22.8. The Balaban J connectivity index is 1.66. The fraction of sp³-hybridized carbons (Fsp3) is 0.240. The van der Waals surface area contributed by atoms with Gasteiger partial charge in [0.1, 0.15) is 17.9 Å². The normalized spacial score (nSPS) is 10.8. The molecule has 0 bridgehead atoms. The summed E-state index contributed by atoms with van der Waals surface area (Å²) < 4.78 is 11.1. The molecule has 0 fully saturated rings. The van der Waals surface area contributed by atoms with Gasteiger partial charge in [-0.1, -0.05) is 55.8 Å². The Morgan fingerprint density at radius 1 is 0.969 bits per heavy atom. The van der Waals surface area contributed by atoms with Gasteiger partial charge < -0.3 is 14.8 Å². The van der Waals surface area contributed by atoms with E-state index in [1.807, 2.05) is 36.4 Å². The molecule has 7 heteroatoms. The minimum Gasteiger partial charge on any atom is -0.495 e. The highest BCUT2D eigenvalue weighted by molar-refractivity contribution is 6.05. The maximum Gasteiger partial charge on any atom is 0.249 e. The molecule has 0 heterocycles. The summed E-state index contributed by atoms with van der Waals surface area (Å²) in [4.78, 5) is 24.4. The number of amides is 2. The number of benzene rings is 3. The second-order valence-electron chi connectivity index (χ2n) is 7.12. The number of hydrogen-bond donors (Lipinski definition) is 2. The SMILES string of the molecule is CCCCOc1ccc2ccccc2c1C=NNC(=O)CC(=O)Nc1ccccc1OC. The van der Waals surface area contributed by atoms with E-state index in [1.165, 1.54) is 7.11 Å². The van der Waals surface area contributed by atoms with E-state index < -0.39 is 11.8 Å². The molecular weight excluding hydrogens is 406 g/mol. The maximum atomic E-state index is 12.2. The molecule has 0 atom stereocenters. The minimum atomic E-state index is -0.526. The molecule has 0 radical (unpaired) electrons. The van der Waals surface area contributed by atoms with Crippen LogP contribution in [-0.2, 0) is 9.59 Å². The number of methoxy groups -OCH3 is 1. The largest absolute Gasteiger partial charge is 0.495 e. The third-order valence-electron chi connectivity index (χ3n) is 4.77. The van der Waals surface area contributed by atoms with Gasteiger partial charge in [-0.25, -0.2) is 5.43 Å². The van der Waals surface area contributed by atoms with Crippen molar-refractivity contribution in [2.24, 2.45) is 5.10 Å². The van der Waals surface area contributed by atoms with Gasteiger partial charge in [-0.15, -0.1) is 0 Å². The molecule has 166 valence electrons. The van der Waals surface area contributed by atoms with Crippen molar-refractivity contribution in [2.75, 3.05) is 19.0 Å². The van der Waals surface area contributed by atoms with Crippen LogP contribution in [0.15, 0.2) is 65.8 Å². The standard InChI is InChI=1S/C25H27N3O4/c1-3-4-15-32-22-14-13-18-9-5-6-10-19(18)20(22)17-26-28-25(30)16-24(29)27-21-11-7-8-12-23(21)31-2/h5-14,17H,3-4,15-16H2,1-2H3,(H,27,29)(H,28,30). The smallest absolute Gasteiger partial charge is 0.249 e. The number of rotatable bonds is 10. The second-order valence-corrected chi connectivity index (χ2v) is 7.12. The summed E-state index contributed by atoms with van der Waals surface area (Å²) in [7, 11) is 1.51. The van der Waals surface area contributed by atoms with E-state index in [1.54, 1.807) is 30.5 Å². The van der Waals surface area contributed by atoms with Crippen molar-refractivity contribution >= 4 is 34.5 Å². The first-order chi connectivity index (χ1) is 15.6. The highest BCUT2D eigenvalue weighted by Crippen LogP contribution is 2.27. The van der Waals surface area contributed by atoms with Gasteiger partial charge in [-0.2, -0.15) is 5.10 Å². The van der Waals surface area contributed by atoms with Crippen LogP contribution in [0, 0.1) is 0 Å². The molecule has 0 spiro atoms. The molecule has 3 rings (SSSR count). The molecule has 3 aromatic rings. The molecule has 2 N–H and O–H groups in total. The van der Waals surface area contributed by atoms with E-state index in [-0.39, 0.29) is 6.42 Å². The van der Waals surface area contributed by atoms with Gasteiger partial charge in [-0.3, -0.25) is 9.59 Å². The van der Waals surface area contributed by atoms with E-state index >= 15 is 0 Å². The molecular formula is C25H27N3O4. The molecule has 0 aliphatic rings. The zero-order valence-electron chi connectivity index (χ0n) is 18.3. The molecule has 7 nitrogen and oxygen atoms in total. The van der Waals surface area contributed by atoms with E-state index in [0.717, 1.165) is 29.2 Å². The van der Waals surface area contributed by atoms with Gasteiger partial charge in [0.25, 0.3) is 0 Å². The number of unbranched alkanes of at least 4 members (excludes halogenated alkanes) is 1. The van der Waals surface area contributed by atoms with Crippen molar-refractivity contribution in [3.05, 3.63) is 66.2 Å². The predicted octanol–water partition coefficient (Wildman–Crippen LogP) is 4.51. The number of fused-ring (bicyclic) bond motifs is 1. The first kappa shape index (κ1) is 22.8. The molecule has 2 amide bonds.